The van der Waals surface area contributed by atoms with Crippen molar-refractivity contribution in [2.24, 2.45) is 7.05 Å². The number of hydrogen-bond acceptors (Lipinski definition) is 9. The number of anilines is 1. The molecule has 0 saturated heterocycles. The van der Waals surface area contributed by atoms with Gasteiger partial charge in [-0.2, -0.15) is 15.2 Å². The van der Waals surface area contributed by atoms with E-state index in [9.17, 15) is 15.4 Å². The van der Waals surface area contributed by atoms with Gasteiger partial charge in [-0.1, -0.05) is 48.5 Å². The second kappa shape index (κ2) is 11.3. The summed E-state index contributed by atoms with van der Waals surface area (Å²) in [4.78, 5) is 24.6. The van der Waals surface area contributed by atoms with Crippen molar-refractivity contribution in [2.75, 3.05) is 5.32 Å². The fourth-order valence-corrected chi connectivity index (χ4v) is 3.93. The molecule has 0 saturated carbocycles. The van der Waals surface area contributed by atoms with Crippen LogP contribution in [0.4, 0.5) is 11.5 Å². The predicted molar refractivity (Wildman–Crippen MR) is 147 cm³/mol. The van der Waals surface area contributed by atoms with Gasteiger partial charge in [-0.3, -0.25) is 10.1 Å². The first-order chi connectivity index (χ1) is 19.4. The van der Waals surface area contributed by atoms with Crippen molar-refractivity contribution >= 4 is 11.5 Å². The zero-order valence-electron chi connectivity index (χ0n) is 21.6. The van der Waals surface area contributed by atoms with Crippen LogP contribution in [0.1, 0.15) is 16.7 Å². The molecule has 198 valence electrons. The van der Waals surface area contributed by atoms with E-state index in [1.807, 2.05) is 60.3 Å². The quantitative estimate of drug-likeness (QED) is 0.174. The molecule has 0 bridgehead atoms. The monoisotopic (exact) mass is 533 g/mol. The van der Waals surface area contributed by atoms with Gasteiger partial charge in [0.05, 0.1) is 16.6 Å². The van der Waals surface area contributed by atoms with Crippen molar-refractivity contribution in [3.63, 3.8) is 0 Å². The van der Waals surface area contributed by atoms with Crippen molar-refractivity contribution < 1.29 is 14.4 Å². The van der Waals surface area contributed by atoms with Gasteiger partial charge < -0.3 is 19.4 Å². The molecule has 0 spiro atoms. The highest BCUT2D eigenvalue weighted by atomic mass is 16.6. The van der Waals surface area contributed by atoms with Gasteiger partial charge in [-0.15, -0.1) is 0 Å². The van der Waals surface area contributed by atoms with E-state index in [1.165, 1.54) is 6.07 Å². The third kappa shape index (κ3) is 5.71. The molecule has 5 rings (SSSR count). The third-order valence-electron chi connectivity index (χ3n) is 5.96. The summed E-state index contributed by atoms with van der Waals surface area (Å²) in [6, 6.07) is 23.3. The Kier molecular flexibility index (Phi) is 7.32. The number of ether oxygens (including phenoxy) is 2. The number of nitriles is 1. The molecule has 11 heteroatoms. The Morgan fingerprint density at radius 1 is 1.05 bits per heavy atom. The first-order valence-corrected chi connectivity index (χ1v) is 12.2. The topological polar surface area (TPSA) is 141 Å². The molecular weight excluding hydrogens is 510 g/mol. The van der Waals surface area contributed by atoms with Gasteiger partial charge in [0.25, 0.3) is 0 Å². The number of aryl methyl sites for hydroxylation is 2. The molecule has 0 aliphatic heterocycles. The molecule has 0 radical (unpaired) electrons. The zero-order valence-corrected chi connectivity index (χ0v) is 21.6. The van der Waals surface area contributed by atoms with Gasteiger partial charge in [0.2, 0.25) is 5.82 Å². The lowest BCUT2D eigenvalue weighted by Gasteiger charge is -2.13. The molecule has 2 aromatic heterocycles. The Labute approximate surface area is 229 Å². The number of hydrogen-bond donors (Lipinski definition) is 1. The molecule has 0 amide bonds. The van der Waals surface area contributed by atoms with E-state index in [1.54, 1.807) is 43.5 Å². The summed E-state index contributed by atoms with van der Waals surface area (Å²) in [6.07, 6.45) is 3.53. The zero-order chi connectivity index (χ0) is 28.1. The molecule has 0 aliphatic rings. The number of rotatable bonds is 9. The highest BCUT2D eigenvalue weighted by Crippen LogP contribution is 2.39. The maximum absolute atomic E-state index is 12.2. The predicted octanol–water partition coefficient (Wildman–Crippen LogP) is 6.16. The van der Waals surface area contributed by atoms with Gasteiger partial charge in [0, 0.05) is 31.5 Å². The molecule has 0 fully saturated rings. The number of nitrogens with zero attached hydrogens (tertiary/aromatic N) is 6. The molecule has 0 unspecified atom stereocenters. The van der Waals surface area contributed by atoms with E-state index in [0.29, 0.717) is 16.9 Å². The second-order valence-corrected chi connectivity index (χ2v) is 8.79. The van der Waals surface area contributed by atoms with E-state index in [2.05, 4.69) is 20.3 Å². The Hall–Kier alpha value is -5.76. The van der Waals surface area contributed by atoms with Crippen LogP contribution >= 0.6 is 0 Å². The van der Waals surface area contributed by atoms with E-state index in [0.717, 1.165) is 17.0 Å². The highest BCUT2D eigenvalue weighted by molar-refractivity contribution is 5.64. The van der Waals surface area contributed by atoms with Crippen LogP contribution in [0.25, 0.3) is 11.4 Å². The summed E-state index contributed by atoms with van der Waals surface area (Å²) in [7, 11) is 1.88. The summed E-state index contributed by atoms with van der Waals surface area (Å²) < 4.78 is 13.8. The second-order valence-electron chi connectivity index (χ2n) is 8.79. The van der Waals surface area contributed by atoms with Crippen LogP contribution in [-0.2, 0) is 13.6 Å². The normalized spacial score (nSPS) is 10.5. The molecular formula is C29H23N7O4. The van der Waals surface area contributed by atoms with Crippen LogP contribution in [0.15, 0.2) is 85.2 Å². The van der Waals surface area contributed by atoms with Crippen molar-refractivity contribution in [3.8, 4) is 40.8 Å². The maximum atomic E-state index is 12.2. The molecule has 5 aromatic rings. The van der Waals surface area contributed by atoms with Gasteiger partial charge in [0.15, 0.2) is 0 Å². The summed E-state index contributed by atoms with van der Waals surface area (Å²) >= 11 is 0. The molecule has 1 N–H and O–H groups in total. The average Bonchev–Trinajstić information content (AvgIpc) is 3.39. The van der Waals surface area contributed by atoms with E-state index in [-0.39, 0.29) is 30.0 Å². The lowest BCUT2D eigenvalue weighted by Crippen LogP contribution is -2.09. The van der Waals surface area contributed by atoms with Crippen LogP contribution in [0.3, 0.4) is 0 Å². The highest BCUT2D eigenvalue weighted by Gasteiger charge is 2.28. The molecule has 11 nitrogen and oxygen atoms in total. The summed E-state index contributed by atoms with van der Waals surface area (Å²) in [6.45, 7) is 2.02. The molecule has 0 atom stereocenters. The fraction of sp³-hybridized carbons (Fsp3) is 0.103. The van der Waals surface area contributed by atoms with Crippen LogP contribution < -0.4 is 14.8 Å². The van der Waals surface area contributed by atoms with Crippen LogP contribution in [0, 0.1) is 28.4 Å². The number of imidazole rings is 1. The van der Waals surface area contributed by atoms with Crippen molar-refractivity contribution in [1.29, 1.82) is 5.26 Å². The van der Waals surface area contributed by atoms with Crippen molar-refractivity contribution in [2.45, 2.75) is 13.5 Å². The molecule has 3 aromatic carbocycles. The number of benzene rings is 3. The Balaban J connectivity index is 1.56. The minimum Gasteiger partial charge on any atom is -0.433 e. The smallest absolute Gasteiger partial charge is 0.373 e. The number of aromatic nitrogens is 4. The number of nitro groups is 1. The van der Waals surface area contributed by atoms with Gasteiger partial charge >= 0.3 is 17.6 Å². The third-order valence-corrected chi connectivity index (χ3v) is 5.96. The van der Waals surface area contributed by atoms with Gasteiger partial charge in [-0.05, 0) is 42.3 Å². The maximum Gasteiger partial charge on any atom is 0.373 e. The van der Waals surface area contributed by atoms with Crippen molar-refractivity contribution in [1.82, 2.24) is 19.5 Å². The van der Waals surface area contributed by atoms with Crippen LogP contribution in [0.5, 0.6) is 23.4 Å². The SMILES string of the molecule is Cc1ccc(C#N)cc1Oc1nc(Oc2cccc(-c3nccn3C)c2)nc(NCc2ccccc2)c1[N+](=O)[O-]. The lowest BCUT2D eigenvalue weighted by molar-refractivity contribution is -0.385. The Morgan fingerprint density at radius 3 is 2.60 bits per heavy atom. The van der Waals surface area contributed by atoms with E-state index in [4.69, 9.17) is 9.47 Å². The Morgan fingerprint density at radius 2 is 1.88 bits per heavy atom. The minimum atomic E-state index is -0.613. The van der Waals surface area contributed by atoms with Gasteiger partial charge in [-0.25, -0.2) is 4.98 Å². The van der Waals surface area contributed by atoms with Crippen LogP contribution in [-0.4, -0.2) is 24.4 Å². The largest absolute Gasteiger partial charge is 0.433 e. The van der Waals surface area contributed by atoms with E-state index >= 15 is 0 Å². The Bertz CT molecular complexity index is 1730. The first-order valence-electron chi connectivity index (χ1n) is 12.2. The summed E-state index contributed by atoms with van der Waals surface area (Å²) in [5.41, 5.74) is 2.22. The van der Waals surface area contributed by atoms with Crippen molar-refractivity contribution in [3.05, 3.63) is 112 Å². The molecule has 2 heterocycles. The van der Waals surface area contributed by atoms with Gasteiger partial charge in [0.1, 0.15) is 17.3 Å². The summed E-state index contributed by atoms with van der Waals surface area (Å²) in [5, 5.41) is 24.6. The molecule has 0 aliphatic carbocycles. The minimum absolute atomic E-state index is 0.0804. The number of nitrogens with one attached hydrogen (secondary N) is 1. The van der Waals surface area contributed by atoms with E-state index < -0.39 is 10.6 Å². The standard InChI is InChI=1S/C29H23N7O4/c1-19-11-12-21(17-30)15-24(19)40-28-25(36(37)38)26(32-18-20-7-4-3-5-8-20)33-29(34-28)39-23-10-6-9-22(16-23)27-31-13-14-35(27)2/h3-16H,18H2,1-2H3,(H,32,33,34). The fourth-order valence-electron chi connectivity index (χ4n) is 3.93. The van der Waals surface area contributed by atoms with Crippen LogP contribution in [0.2, 0.25) is 0 Å². The molecule has 40 heavy (non-hydrogen) atoms. The first kappa shape index (κ1) is 25.9. The lowest BCUT2D eigenvalue weighted by atomic mass is 10.1. The summed E-state index contributed by atoms with van der Waals surface area (Å²) in [5.74, 6) is 0.971. The average molecular weight is 534 g/mol.